The van der Waals surface area contributed by atoms with E-state index in [1.807, 2.05) is 6.07 Å². The van der Waals surface area contributed by atoms with Crippen molar-refractivity contribution in [2.75, 3.05) is 28.3 Å². The third kappa shape index (κ3) is 4.16. The molecule has 3 aliphatic rings. The van der Waals surface area contributed by atoms with E-state index in [1.54, 1.807) is 23.1 Å². The van der Waals surface area contributed by atoms with Crippen LogP contribution in [0.25, 0.3) is 0 Å². The summed E-state index contributed by atoms with van der Waals surface area (Å²) >= 11 is 0. The number of hydrogen-bond acceptors (Lipinski definition) is 6. The number of rotatable bonds is 4. The van der Waals surface area contributed by atoms with Crippen molar-refractivity contribution < 1.29 is 22.8 Å². The Bertz CT molecular complexity index is 1000. The van der Waals surface area contributed by atoms with Gasteiger partial charge in [-0.05, 0) is 31.0 Å². The zero-order valence-electron chi connectivity index (χ0n) is 15.8. The summed E-state index contributed by atoms with van der Waals surface area (Å²) in [5.74, 6) is -0.735. The average Bonchev–Trinajstić information content (AvgIpc) is 3.27. The fraction of sp³-hybridized carbons (Fsp3) is 0.474. The second-order valence-electron chi connectivity index (χ2n) is 7.50. The summed E-state index contributed by atoms with van der Waals surface area (Å²) in [5.41, 5.74) is 1.45. The van der Waals surface area contributed by atoms with Gasteiger partial charge in [0.15, 0.2) is 9.84 Å². The summed E-state index contributed by atoms with van der Waals surface area (Å²) < 4.78 is 23.4. The molecule has 0 bridgehead atoms. The van der Waals surface area contributed by atoms with Gasteiger partial charge in [-0.25, -0.2) is 13.4 Å². The zero-order valence-corrected chi connectivity index (χ0v) is 16.7. The molecule has 2 saturated heterocycles. The first-order chi connectivity index (χ1) is 13.8. The molecule has 0 saturated carbocycles. The molecular weight excluding hydrogens is 396 g/mol. The highest BCUT2D eigenvalue weighted by molar-refractivity contribution is 7.91. The number of amides is 3. The van der Waals surface area contributed by atoms with E-state index in [0.717, 1.165) is 12.1 Å². The summed E-state index contributed by atoms with van der Waals surface area (Å²) in [6, 6.07) is 6.52. The largest absolute Gasteiger partial charge is 0.321 e. The van der Waals surface area contributed by atoms with Crippen LogP contribution in [0.2, 0.25) is 0 Å². The molecule has 0 aromatic heterocycles. The number of carbonyl (C=O) groups is 3. The van der Waals surface area contributed by atoms with E-state index in [-0.39, 0.29) is 41.9 Å². The Morgan fingerprint density at radius 1 is 1.14 bits per heavy atom. The lowest BCUT2D eigenvalue weighted by atomic mass is 10.1. The Hall–Kier alpha value is -2.75. The maximum absolute atomic E-state index is 12.7. The molecule has 0 radical (unpaired) electrons. The Morgan fingerprint density at radius 3 is 2.66 bits per heavy atom. The highest BCUT2D eigenvalue weighted by Gasteiger charge is 2.37. The van der Waals surface area contributed by atoms with Gasteiger partial charge in [0.1, 0.15) is 5.71 Å². The molecule has 29 heavy (non-hydrogen) atoms. The minimum atomic E-state index is -3.17. The van der Waals surface area contributed by atoms with Gasteiger partial charge in [0, 0.05) is 37.2 Å². The summed E-state index contributed by atoms with van der Waals surface area (Å²) in [6.45, 7) is 0.657. The molecule has 3 aliphatic heterocycles. The van der Waals surface area contributed by atoms with E-state index in [1.165, 1.54) is 5.01 Å². The number of nitrogens with one attached hydrogen (secondary N) is 1. The van der Waals surface area contributed by atoms with Crippen LogP contribution in [0, 0.1) is 0 Å². The van der Waals surface area contributed by atoms with Crippen LogP contribution >= 0.6 is 0 Å². The SMILES string of the molecule is O=C(Nc1cccc(N2CCCC2=O)c1)C1=NN(C2CCS(=O)(=O)C2)C(=O)CC1. The Kier molecular flexibility index (Phi) is 5.12. The molecule has 1 aromatic rings. The van der Waals surface area contributed by atoms with Gasteiger partial charge in [-0.15, -0.1) is 0 Å². The highest BCUT2D eigenvalue weighted by atomic mass is 32.2. The van der Waals surface area contributed by atoms with Crippen LogP contribution in [0.1, 0.15) is 32.1 Å². The number of benzene rings is 1. The molecule has 154 valence electrons. The predicted molar refractivity (Wildman–Crippen MR) is 107 cm³/mol. The summed E-state index contributed by atoms with van der Waals surface area (Å²) in [7, 11) is -3.17. The fourth-order valence-electron chi connectivity index (χ4n) is 3.86. The van der Waals surface area contributed by atoms with Crippen molar-refractivity contribution >= 4 is 44.6 Å². The molecule has 3 amide bonds. The molecule has 9 nitrogen and oxygen atoms in total. The molecule has 2 fully saturated rings. The average molecular weight is 418 g/mol. The number of hydrogen-bond donors (Lipinski definition) is 1. The van der Waals surface area contributed by atoms with Crippen molar-refractivity contribution in [1.29, 1.82) is 0 Å². The van der Waals surface area contributed by atoms with Crippen LogP contribution in [0.15, 0.2) is 29.4 Å². The van der Waals surface area contributed by atoms with Crippen molar-refractivity contribution in [2.24, 2.45) is 5.10 Å². The third-order valence-corrected chi connectivity index (χ3v) is 7.12. The van der Waals surface area contributed by atoms with E-state index >= 15 is 0 Å². The van der Waals surface area contributed by atoms with Crippen molar-refractivity contribution in [2.45, 2.75) is 38.1 Å². The van der Waals surface area contributed by atoms with E-state index < -0.39 is 21.8 Å². The van der Waals surface area contributed by atoms with Crippen LogP contribution in [-0.2, 0) is 24.2 Å². The maximum Gasteiger partial charge on any atom is 0.271 e. The van der Waals surface area contributed by atoms with Gasteiger partial charge in [0.05, 0.1) is 17.5 Å². The van der Waals surface area contributed by atoms with Crippen LogP contribution in [0.3, 0.4) is 0 Å². The highest BCUT2D eigenvalue weighted by Crippen LogP contribution is 2.25. The van der Waals surface area contributed by atoms with Crippen molar-refractivity contribution in [3.8, 4) is 0 Å². The van der Waals surface area contributed by atoms with Crippen molar-refractivity contribution in [3.05, 3.63) is 24.3 Å². The normalized spacial score (nSPS) is 24.0. The lowest BCUT2D eigenvalue weighted by Crippen LogP contribution is -2.42. The topological polar surface area (TPSA) is 116 Å². The molecule has 1 atom stereocenters. The second-order valence-corrected chi connectivity index (χ2v) is 9.72. The number of hydrazone groups is 1. The van der Waals surface area contributed by atoms with Crippen molar-refractivity contribution in [1.82, 2.24) is 5.01 Å². The minimum Gasteiger partial charge on any atom is -0.321 e. The molecule has 1 N–H and O–H groups in total. The first kappa shape index (κ1) is 19.6. The Morgan fingerprint density at radius 2 is 1.97 bits per heavy atom. The summed E-state index contributed by atoms with van der Waals surface area (Å²) in [5, 5.41) is 8.12. The van der Waals surface area contributed by atoms with Gasteiger partial charge in [0.2, 0.25) is 11.8 Å². The quantitative estimate of drug-likeness (QED) is 0.780. The molecule has 0 aliphatic carbocycles. The minimum absolute atomic E-state index is 0.0283. The lowest BCUT2D eigenvalue weighted by molar-refractivity contribution is -0.133. The third-order valence-electron chi connectivity index (χ3n) is 5.37. The van der Waals surface area contributed by atoms with Gasteiger partial charge in [-0.2, -0.15) is 5.10 Å². The molecule has 3 heterocycles. The lowest BCUT2D eigenvalue weighted by Gasteiger charge is -2.27. The van der Waals surface area contributed by atoms with Crippen molar-refractivity contribution in [3.63, 3.8) is 0 Å². The van der Waals surface area contributed by atoms with Gasteiger partial charge >= 0.3 is 0 Å². The van der Waals surface area contributed by atoms with E-state index in [4.69, 9.17) is 0 Å². The molecule has 1 aromatic carbocycles. The fourth-order valence-corrected chi connectivity index (χ4v) is 5.56. The van der Waals surface area contributed by atoms with E-state index in [9.17, 15) is 22.8 Å². The van der Waals surface area contributed by atoms with Gasteiger partial charge < -0.3 is 10.2 Å². The number of sulfone groups is 1. The Labute approximate surface area is 168 Å². The van der Waals surface area contributed by atoms with E-state index in [2.05, 4.69) is 10.4 Å². The first-order valence-electron chi connectivity index (χ1n) is 9.64. The monoisotopic (exact) mass is 418 g/mol. The molecule has 1 unspecified atom stereocenters. The molecule has 0 spiro atoms. The number of anilines is 2. The van der Waals surface area contributed by atoms with Gasteiger partial charge in [-0.3, -0.25) is 14.4 Å². The van der Waals surface area contributed by atoms with Crippen LogP contribution in [0.4, 0.5) is 11.4 Å². The summed E-state index contributed by atoms with van der Waals surface area (Å²) in [4.78, 5) is 38.5. The molecular formula is C19H22N4O5S. The Balaban J connectivity index is 1.49. The molecule has 4 rings (SSSR count). The second kappa shape index (κ2) is 7.58. The van der Waals surface area contributed by atoms with Gasteiger partial charge in [-0.1, -0.05) is 6.07 Å². The van der Waals surface area contributed by atoms with Crippen LogP contribution in [0.5, 0.6) is 0 Å². The molecule has 10 heteroatoms. The van der Waals surface area contributed by atoms with Crippen LogP contribution in [-0.4, -0.2) is 61.0 Å². The number of carbonyl (C=O) groups excluding carboxylic acids is 3. The smallest absolute Gasteiger partial charge is 0.271 e. The first-order valence-corrected chi connectivity index (χ1v) is 11.5. The van der Waals surface area contributed by atoms with E-state index in [0.29, 0.717) is 25.1 Å². The summed E-state index contributed by atoms with van der Waals surface area (Å²) in [6.07, 6.45) is 1.98. The van der Waals surface area contributed by atoms with Gasteiger partial charge in [0.25, 0.3) is 5.91 Å². The van der Waals surface area contributed by atoms with Crippen LogP contribution < -0.4 is 10.2 Å². The zero-order chi connectivity index (χ0) is 20.6. The standard InChI is InChI=1S/C19H22N4O5S/c24-17-5-2-9-22(17)14-4-1-3-13(11-14)20-19(26)16-6-7-18(25)23(21-16)15-8-10-29(27,28)12-15/h1,3-4,11,15H,2,5-10,12H2,(H,20,26). The maximum atomic E-state index is 12.7. The number of nitrogens with zero attached hydrogens (tertiary/aromatic N) is 3. The predicted octanol–water partition coefficient (Wildman–Crippen LogP) is 0.917.